The molecule has 0 aliphatic heterocycles. The molecular formula is C14H20N6O. The fourth-order valence-corrected chi connectivity index (χ4v) is 2.22. The minimum atomic E-state index is -0.402. The van der Waals surface area contributed by atoms with Crippen molar-refractivity contribution >= 4 is 28.6 Å². The molecule has 7 nitrogen and oxygen atoms in total. The number of nitrogens with one attached hydrogen (secondary N) is 1. The Bertz CT molecular complexity index is 642. The van der Waals surface area contributed by atoms with Gasteiger partial charge in [0.05, 0.1) is 12.1 Å². The van der Waals surface area contributed by atoms with E-state index in [9.17, 15) is 4.79 Å². The van der Waals surface area contributed by atoms with Gasteiger partial charge in [-0.15, -0.1) is 0 Å². The average Bonchev–Trinajstić information content (AvgIpc) is 2.44. The van der Waals surface area contributed by atoms with Crippen LogP contribution >= 0.6 is 0 Å². The molecule has 1 heterocycles. The summed E-state index contributed by atoms with van der Waals surface area (Å²) in [5.74, 6) is 6.34. The second kappa shape index (κ2) is 6.36. The van der Waals surface area contributed by atoms with Gasteiger partial charge in [0.1, 0.15) is 5.82 Å². The Hall–Kier alpha value is -2.41. The van der Waals surface area contributed by atoms with Gasteiger partial charge in [-0.1, -0.05) is 26.0 Å². The lowest BCUT2D eigenvalue weighted by molar-refractivity contribution is -0.116. The molecule has 1 amide bonds. The first-order valence-corrected chi connectivity index (χ1v) is 6.78. The summed E-state index contributed by atoms with van der Waals surface area (Å²) >= 11 is 0. The molecule has 0 fully saturated rings. The van der Waals surface area contributed by atoms with Crippen molar-refractivity contribution in [3.05, 3.63) is 24.3 Å². The highest BCUT2D eigenvalue weighted by atomic mass is 16.1. The van der Waals surface area contributed by atoms with Crippen LogP contribution in [0.15, 0.2) is 24.3 Å². The largest absolute Gasteiger partial charge is 0.368 e. The number of hydrazine groups is 1. The summed E-state index contributed by atoms with van der Waals surface area (Å²) in [6.45, 7) is 4.90. The zero-order valence-electron chi connectivity index (χ0n) is 12.2. The number of primary amides is 1. The quantitative estimate of drug-likeness (QED) is 0.537. The van der Waals surface area contributed by atoms with Gasteiger partial charge in [-0.05, 0) is 18.1 Å². The van der Waals surface area contributed by atoms with Crippen molar-refractivity contribution in [2.24, 2.45) is 17.5 Å². The first-order valence-electron chi connectivity index (χ1n) is 6.78. The molecule has 21 heavy (non-hydrogen) atoms. The fourth-order valence-electron chi connectivity index (χ4n) is 2.22. The van der Waals surface area contributed by atoms with Gasteiger partial charge >= 0.3 is 0 Å². The van der Waals surface area contributed by atoms with Gasteiger partial charge in [-0.2, -0.15) is 4.98 Å². The first-order chi connectivity index (χ1) is 10.0. The molecule has 0 atom stereocenters. The highest BCUT2D eigenvalue weighted by Gasteiger charge is 2.17. The molecule has 0 aliphatic rings. The molecule has 0 spiro atoms. The van der Waals surface area contributed by atoms with Crippen LogP contribution in [0.4, 0.5) is 11.8 Å². The minimum Gasteiger partial charge on any atom is -0.368 e. The van der Waals surface area contributed by atoms with Crippen molar-refractivity contribution in [2.45, 2.75) is 13.8 Å². The third-order valence-electron chi connectivity index (χ3n) is 2.94. The normalized spacial score (nSPS) is 10.9. The SMILES string of the molecule is CC(C)CN(CC(N)=O)c1nc(NN)nc2ccccc12. The summed E-state index contributed by atoms with van der Waals surface area (Å²) in [7, 11) is 0. The number of hydrogen-bond acceptors (Lipinski definition) is 6. The van der Waals surface area contributed by atoms with Crippen LogP contribution in [0.25, 0.3) is 10.9 Å². The molecule has 1 aromatic carbocycles. The van der Waals surface area contributed by atoms with Crippen molar-refractivity contribution < 1.29 is 4.79 Å². The summed E-state index contributed by atoms with van der Waals surface area (Å²) in [6.07, 6.45) is 0. The molecular weight excluding hydrogens is 268 g/mol. The van der Waals surface area contributed by atoms with E-state index < -0.39 is 5.91 Å². The smallest absolute Gasteiger partial charge is 0.239 e. The van der Waals surface area contributed by atoms with E-state index in [1.165, 1.54) is 0 Å². The maximum atomic E-state index is 11.4. The third-order valence-corrected chi connectivity index (χ3v) is 2.94. The molecule has 0 aliphatic carbocycles. The molecule has 0 unspecified atom stereocenters. The van der Waals surface area contributed by atoms with Crippen LogP contribution in [0.1, 0.15) is 13.8 Å². The van der Waals surface area contributed by atoms with Crippen LogP contribution in [-0.4, -0.2) is 29.0 Å². The van der Waals surface area contributed by atoms with Gasteiger partial charge in [-0.25, -0.2) is 10.8 Å². The monoisotopic (exact) mass is 288 g/mol. The van der Waals surface area contributed by atoms with E-state index in [4.69, 9.17) is 11.6 Å². The van der Waals surface area contributed by atoms with Crippen molar-refractivity contribution in [1.82, 2.24) is 9.97 Å². The molecule has 2 rings (SSSR count). The number of amides is 1. The van der Waals surface area contributed by atoms with E-state index in [2.05, 4.69) is 29.2 Å². The predicted octanol–water partition coefficient (Wildman–Crippen LogP) is 0.863. The zero-order valence-corrected chi connectivity index (χ0v) is 12.2. The number of para-hydroxylation sites is 1. The molecule has 7 heteroatoms. The Morgan fingerprint density at radius 1 is 1.33 bits per heavy atom. The van der Waals surface area contributed by atoms with E-state index >= 15 is 0 Å². The Morgan fingerprint density at radius 2 is 2.05 bits per heavy atom. The van der Waals surface area contributed by atoms with Gasteiger partial charge in [0.2, 0.25) is 11.9 Å². The maximum absolute atomic E-state index is 11.4. The number of nitrogen functional groups attached to an aromatic ring is 1. The van der Waals surface area contributed by atoms with Gasteiger partial charge in [-0.3, -0.25) is 10.2 Å². The van der Waals surface area contributed by atoms with Crippen molar-refractivity contribution in [3.8, 4) is 0 Å². The fraction of sp³-hybridized carbons (Fsp3) is 0.357. The standard InChI is InChI=1S/C14H20N6O/c1-9(2)7-20(8-12(15)21)13-10-5-3-4-6-11(10)17-14(18-13)19-16/h3-6,9H,7-8,16H2,1-2H3,(H2,15,21)(H,17,18,19). The van der Waals surface area contributed by atoms with Crippen LogP contribution < -0.4 is 21.9 Å². The highest BCUT2D eigenvalue weighted by molar-refractivity contribution is 5.92. The average molecular weight is 288 g/mol. The zero-order chi connectivity index (χ0) is 15.4. The topological polar surface area (TPSA) is 110 Å². The first kappa shape index (κ1) is 15.0. The molecule has 5 N–H and O–H groups in total. The van der Waals surface area contributed by atoms with Gasteiger partial charge < -0.3 is 10.6 Å². The molecule has 0 saturated carbocycles. The number of hydrogen-bond donors (Lipinski definition) is 3. The lowest BCUT2D eigenvalue weighted by Crippen LogP contribution is -2.37. The number of aromatic nitrogens is 2. The van der Waals surface area contributed by atoms with Gasteiger partial charge in [0.25, 0.3) is 0 Å². The van der Waals surface area contributed by atoms with E-state index in [1.807, 2.05) is 29.2 Å². The second-order valence-electron chi connectivity index (χ2n) is 5.27. The summed E-state index contributed by atoms with van der Waals surface area (Å²) < 4.78 is 0. The van der Waals surface area contributed by atoms with Gasteiger partial charge in [0, 0.05) is 11.9 Å². The Balaban J connectivity index is 2.56. The number of anilines is 2. The van der Waals surface area contributed by atoms with Crippen molar-refractivity contribution in [1.29, 1.82) is 0 Å². The van der Waals surface area contributed by atoms with Crippen LogP contribution in [0.3, 0.4) is 0 Å². The number of benzene rings is 1. The second-order valence-corrected chi connectivity index (χ2v) is 5.27. The Kier molecular flexibility index (Phi) is 4.54. The van der Waals surface area contributed by atoms with Gasteiger partial charge in [0.15, 0.2) is 0 Å². The van der Waals surface area contributed by atoms with Crippen LogP contribution in [-0.2, 0) is 4.79 Å². The third kappa shape index (κ3) is 3.57. The van der Waals surface area contributed by atoms with Crippen LogP contribution in [0.5, 0.6) is 0 Å². The summed E-state index contributed by atoms with van der Waals surface area (Å²) in [6, 6.07) is 7.58. The van der Waals surface area contributed by atoms with Crippen LogP contribution in [0.2, 0.25) is 0 Å². The highest BCUT2D eigenvalue weighted by Crippen LogP contribution is 2.25. The maximum Gasteiger partial charge on any atom is 0.239 e. The van der Waals surface area contributed by atoms with Crippen molar-refractivity contribution in [2.75, 3.05) is 23.4 Å². The number of nitrogens with zero attached hydrogens (tertiary/aromatic N) is 3. The summed E-state index contributed by atoms with van der Waals surface area (Å²) in [5, 5.41) is 0.860. The molecule has 0 saturated heterocycles. The number of nitrogens with two attached hydrogens (primary N) is 2. The molecule has 1 aromatic heterocycles. The molecule has 112 valence electrons. The lowest BCUT2D eigenvalue weighted by atomic mass is 10.1. The van der Waals surface area contributed by atoms with E-state index in [1.54, 1.807) is 0 Å². The number of carbonyl (C=O) groups is 1. The number of rotatable bonds is 6. The summed E-state index contributed by atoms with van der Waals surface area (Å²) in [5.41, 5.74) is 8.57. The van der Waals surface area contributed by atoms with E-state index in [0.29, 0.717) is 24.2 Å². The Morgan fingerprint density at radius 3 is 2.67 bits per heavy atom. The Labute approximate surface area is 123 Å². The number of carbonyl (C=O) groups excluding carboxylic acids is 1. The van der Waals surface area contributed by atoms with E-state index in [0.717, 1.165) is 10.9 Å². The molecule has 2 aromatic rings. The minimum absolute atomic E-state index is 0.100. The van der Waals surface area contributed by atoms with E-state index in [-0.39, 0.29) is 6.54 Å². The van der Waals surface area contributed by atoms with Crippen LogP contribution in [0, 0.1) is 5.92 Å². The van der Waals surface area contributed by atoms with Crippen molar-refractivity contribution in [3.63, 3.8) is 0 Å². The molecule has 0 bridgehead atoms. The molecule has 0 radical (unpaired) electrons. The summed E-state index contributed by atoms with van der Waals surface area (Å²) in [4.78, 5) is 21.9. The number of fused-ring (bicyclic) bond motifs is 1. The predicted molar refractivity (Wildman–Crippen MR) is 83.6 cm³/mol. The lowest BCUT2D eigenvalue weighted by Gasteiger charge is -2.25.